The number of hydrogen-bond donors (Lipinski definition) is 1. The van der Waals surface area contributed by atoms with Gasteiger partial charge in [-0.2, -0.15) is 4.80 Å². The van der Waals surface area contributed by atoms with Crippen molar-refractivity contribution in [1.29, 1.82) is 0 Å². The maximum atomic E-state index is 12.9. The molecular formula is C25H26N4O3. The van der Waals surface area contributed by atoms with Crippen molar-refractivity contribution in [1.82, 2.24) is 15.0 Å². The number of fused-ring (bicyclic) bond motifs is 1. The zero-order valence-electron chi connectivity index (χ0n) is 18.8. The van der Waals surface area contributed by atoms with E-state index in [1.807, 2.05) is 31.2 Å². The molecule has 7 nitrogen and oxygen atoms in total. The fourth-order valence-electron chi connectivity index (χ4n) is 3.44. The van der Waals surface area contributed by atoms with Crippen LogP contribution in [0.3, 0.4) is 0 Å². The zero-order valence-corrected chi connectivity index (χ0v) is 18.8. The number of nitrogens with one attached hydrogen (secondary N) is 1. The number of hydrogen-bond acceptors (Lipinski definition) is 5. The van der Waals surface area contributed by atoms with Gasteiger partial charge in [-0.25, -0.2) is 0 Å². The largest absolute Gasteiger partial charge is 0.497 e. The van der Waals surface area contributed by atoms with Crippen LogP contribution in [0, 0.1) is 6.92 Å². The number of carbonyl (C=O) groups is 1. The molecule has 4 rings (SSSR count). The molecule has 0 bridgehead atoms. The predicted octanol–water partition coefficient (Wildman–Crippen LogP) is 5.12. The Balaban J connectivity index is 1.63. The summed E-state index contributed by atoms with van der Waals surface area (Å²) in [6.45, 7) is 6.25. The molecule has 0 spiro atoms. The van der Waals surface area contributed by atoms with Gasteiger partial charge >= 0.3 is 0 Å². The summed E-state index contributed by atoms with van der Waals surface area (Å²) < 4.78 is 10.5. The topological polar surface area (TPSA) is 78.3 Å². The highest BCUT2D eigenvalue weighted by molar-refractivity contribution is 6.06. The molecule has 1 aromatic heterocycles. The summed E-state index contributed by atoms with van der Waals surface area (Å²) in [5.41, 5.74) is 5.61. The first-order valence-electron chi connectivity index (χ1n) is 10.4. The summed E-state index contributed by atoms with van der Waals surface area (Å²) in [7, 11) is 3.10. The van der Waals surface area contributed by atoms with Crippen molar-refractivity contribution in [2.75, 3.05) is 19.5 Å². The van der Waals surface area contributed by atoms with Crippen LogP contribution < -0.4 is 14.8 Å². The van der Waals surface area contributed by atoms with Gasteiger partial charge in [-0.3, -0.25) is 4.79 Å². The van der Waals surface area contributed by atoms with Gasteiger partial charge in [0, 0.05) is 17.3 Å². The van der Waals surface area contributed by atoms with Crippen LogP contribution in [-0.4, -0.2) is 35.1 Å². The molecule has 3 aromatic carbocycles. The average molecular weight is 431 g/mol. The van der Waals surface area contributed by atoms with Crippen LogP contribution in [0.2, 0.25) is 0 Å². The number of methoxy groups -OCH3 is 2. The van der Waals surface area contributed by atoms with E-state index in [0.29, 0.717) is 34.2 Å². The van der Waals surface area contributed by atoms with Gasteiger partial charge < -0.3 is 14.8 Å². The molecule has 1 N–H and O–H groups in total. The van der Waals surface area contributed by atoms with Gasteiger partial charge in [0.05, 0.1) is 19.9 Å². The van der Waals surface area contributed by atoms with Crippen LogP contribution in [0.25, 0.3) is 16.7 Å². The number of benzene rings is 3. The number of rotatable bonds is 6. The molecule has 0 radical (unpaired) electrons. The highest BCUT2D eigenvalue weighted by Gasteiger charge is 2.14. The third kappa shape index (κ3) is 4.27. The molecule has 0 saturated carbocycles. The Labute approximate surface area is 187 Å². The van der Waals surface area contributed by atoms with E-state index in [9.17, 15) is 4.79 Å². The van der Waals surface area contributed by atoms with Crippen LogP contribution >= 0.6 is 0 Å². The molecule has 1 amide bonds. The van der Waals surface area contributed by atoms with E-state index < -0.39 is 0 Å². The second kappa shape index (κ2) is 8.70. The van der Waals surface area contributed by atoms with Gasteiger partial charge in [0.2, 0.25) is 0 Å². The third-order valence-corrected chi connectivity index (χ3v) is 5.38. The maximum Gasteiger partial charge on any atom is 0.255 e. The van der Waals surface area contributed by atoms with Gasteiger partial charge in [-0.1, -0.05) is 26.0 Å². The van der Waals surface area contributed by atoms with Gasteiger partial charge in [0.15, 0.2) is 0 Å². The van der Waals surface area contributed by atoms with Gasteiger partial charge in [-0.05, 0) is 60.4 Å². The molecule has 0 atom stereocenters. The highest BCUT2D eigenvalue weighted by Crippen LogP contribution is 2.26. The summed E-state index contributed by atoms with van der Waals surface area (Å²) in [5.74, 6) is 1.30. The Bertz CT molecular complexity index is 1250. The van der Waals surface area contributed by atoms with Gasteiger partial charge in [0.25, 0.3) is 5.91 Å². The number of ether oxygens (including phenoxy) is 2. The van der Waals surface area contributed by atoms with E-state index >= 15 is 0 Å². The Hall–Kier alpha value is -3.87. The second-order valence-electron chi connectivity index (χ2n) is 7.95. The zero-order chi connectivity index (χ0) is 22.8. The molecule has 0 aliphatic carbocycles. The molecule has 7 heteroatoms. The summed E-state index contributed by atoms with van der Waals surface area (Å²) in [5, 5.41) is 12.2. The van der Waals surface area contributed by atoms with E-state index in [2.05, 4.69) is 41.5 Å². The molecule has 0 saturated heterocycles. The van der Waals surface area contributed by atoms with Crippen LogP contribution in [0.15, 0.2) is 54.6 Å². The number of anilines is 1. The van der Waals surface area contributed by atoms with E-state index in [1.54, 1.807) is 37.2 Å². The first-order valence-corrected chi connectivity index (χ1v) is 10.4. The number of amides is 1. The lowest BCUT2D eigenvalue weighted by Gasteiger charge is -2.11. The van der Waals surface area contributed by atoms with Crippen molar-refractivity contribution >= 4 is 22.6 Å². The lowest BCUT2D eigenvalue weighted by Crippen LogP contribution is -2.13. The predicted molar refractivity (Wildman–Crippen MR) is 125 cm³/mol. The third-order valence-electron chi connectivity index (χ3n) is 5.38. The normalized spacial score (nSPS) is 11.1. The second-order valence-corrected chi connectivity index (χ2v) is 7.95. The molecule has 0 aliphatic rings. The summed E-state index contributed by atoms with van der Waals surface area (Å²) in [6, 6.07) is 17.0. The SMILES string of the molecule is COc1cc(OC)cc(C(=O)Nc2cc3nn(-c4ccc(C(C)C)cc4)nc3cc2C)c1. The fourth-order valence-corrected chi connectivity index (χ4v) is 3.44. The van der Waals surface area contributed by atoms with Crippen LogP contribution in [0.4, 0.5) is 5.69 Å². The van der Waals surface area contributed by atoms with Crippen LogP contribution in [0.1, 0.15) is 41.3 Å². The van der Waals surface area contributed by atoms with Crippen molar-refractivity contribution < 1.29 is 14.3 Å². The van der Waals surface area contributed by atoms with E-state index in [4.69, 9.17) is 9.47 Å². The Kier molecular flexibility index (Phi) is 5.81. The monoisotopic (exact) mass is 430 g/mol. The highest BCUT2D eigenvalue weighted by atomic mass is 16.5. The van der Waals surface area contributed by atoms with Crippen molar-refractivity contribution in [2.45, 2.75) is 26.7 Å². The lowest BCUT2D eigenvalue weighted by molar-refractivity contribution is 0.102. The minimum Gasteiger partial charge on any atom is -0.497 e. The Morgan fingerprint density at radius 3 is 2.06 bits per heavy atom. The van der Waals surface area contributed by atoms with Crippen LogP contribution in [0.5, 0.6) is 11.5 Å². The summed E-state index contributed by atoms with van der Waals surface area (Å²) >= 11 is 0. The van der Waals surface area contributed by atoms with Crippen molar-refractivity contribution in [3.63, 3.8) is 0 Å². The van der Waals surface area contributed by atoms with Crippen molar-refractivity contribution in [2.24, 2.45) is 0 Å². The average Bonchev–Trinajstić information content (AvgIpc) is 3.21. The summed E-state index contributed by atoms with van der Waals surface area (Å²) in [4.78, 5) is 14.5. The van der Waals surface area contributed by atoms with E-state index in [0.717, 1.165) is 16.8 Å². The van der Waals surface area contributed by atoms with Crippen LogP contribution in [-0.2, 0) is 0 Å². The maximum absolute atomic E-state index is 12.9. The molecule has 164 valence electrons. The number of carbonyl (C=O) groups excluding carboxylic acids is 1. The van der Waals surface area contributed by atoms with Crippen molar-refractivity contribution in [3.8, 4) is 17.2 Å². The quantitative estimate of drug-likeness (QED) is 0.459. The smallest absolute Gasteiger partial charge is 0.255 e. The molecule has 0 aliphatic heterocycles. The molecular weight excluding hydrogens is 404 g/mol. The van der Waals surface area contributed by atoms with E-state index in [-0.39, 0.29) is 5.91 Å². The first kappa shape index (κ1) is 21.4. The molecule has 1 heterocycles. The molecule has 4 aromatic rings. The first-order chi connectivity index (χ1) is 15.4. The van der Waals surface area contributed by atoms with Gasteiger partial charge in [0.1, 0.15) is 22.5 Å². The lowest BCUT2D eigenvalue weighted by atomic mass is 10.0. The Morgan fingerprint density at radius 2 is 1.50 bits per heavy atom. The summed E-state index contributed by atoms with van der Waals surface area (Å²) in [6.07, 6.45) is 0. The Morgan fingerprint density at radius 1 is 0.906 bits per heavy atom. The number of aryl methyl sites for hydroxylation is 1. The fraction of sp³-hybridized carbons (Fsp3) is 0.240. The van der Waals surface area contributed by atoms with E-state index in [1.165, 1.54) is 5.56 Å². The minimum absolute atomic E-state index is 0.263. The number of nitrogens with zero attached hydrogens (tertiary/aromatic N) is 3. The molecule has 32 heavy (non-hydrogen) atoms. The standard InChI is InChI=1S/C25H26N4O3/c1-15(2)17-6-8-19(9-7-17)29-27-23-10-16(3)22(14-24(23)28-29)26-25(30)18-11-20(31-4)13-21(12-18)32-5/h6-15H,1-5H3,(H,26,30). The molecule has 0 fully saturated rings. The van der Waals surface area contributed by atoms with Crippen molar-refractivity contribution in [3.05, 3.63) is 71.3 Å². The minimum atomic E-state index is -0.263. The van der Waals surface area contributed by atoms with Gasteiger partial charge in [-0.15, -0.1) is 10.2 Å². The number of aromatic nitrogens is 3. The molecule has 0 unspecified atom stereocenters.